The van der Waals surface area contributed by atoms with E-state index in [0.717, 1.165) is 43.5 Å². The second-order valence-electron chi connectivity index (χ2n) is 7.72. The Morgan fingerprint density at radius 3 is 2.55 bits per heavy atom. The van der Waals surface area contributed by atoms with Crippen LogP contribution in [0.1, 0.15) is 36.7 Å². The van der Waals surface area contributed by atoms with Crippen LogP contribution in [0.4, 0.5) is 0 Å². The van der Waals surface area contributed by atoms with Gasteiger partial charge in [-0.25, -0.2) is 4.99 Å². The number of hydrogen-bond acceptors (Lipinski definition) is 4. The maximum absolute atomic E-state index is 4.74. The van der Waals surface area contributed by atoms with E-state index in [0.29, 0.717) is 6.54 Å². The molecule has 1 aliphatic rings. The molecular weight excluding hydrogens is 501 g/mol. The van der Waals surface area contributed by atoms with Gasteiger partial charge in [-0.15, -0.1) is 34.2 Å². The molecule has 1 fully saturated rings. The average Bonchev–Trinajstić information content (AvgIpc) is 3.43. The van der Waals surface area contributed by atoms with Crippen molar-refractivity contribution in [2.75, 3.05) is 26.2 Å². The highest BCUT2D eigenvalue weighted by Gasteiger charge is 2.11. The summed E-state index contributed by atoms with van der Waals surface area (Å²) in [6.07, 6.45) is 5.44. The van der Waals surface area contributed by atoms with Crippen LogP contribution < -0.4 is 10.6 Å². The van der Waals surface area contributed by atoms with E-state index in [2.05, 4.69) is 56.9 Å². The summed E-state index contributed by atoms with van der Waals surface area (Å²) >= 11 is 0. The second kappa shape index (κ2) is 12.0. The Hall–Kier alpha value is -2.20. The minimum atomic E-state index is 0. The van der Waals surface area contributed by atoms with Gasteiger partial charge in [-0.2, -0.15) is 0 Å². The zero-order valence-electron chi connectivity index (χ0n) is 18.1. The van der Waals surface area contributed by atoms with E-state index in [1.165, 1.54) is 37.1 Å². The van der Waals surface area contributed by atoms with Gasteiger partial charge in [-0.3, -0.25) is 9.30 Å². The predicted octanol–water partition coefficient (Wildman–Crippen LogP) is 3.24. The van der Waals surface area contributed by atoms with Gasteiger partial charge in [0.1, 0.15) is 5.82 Å². The van der Waals surface area contributed by atoms with E-state index in [4.69, 9.17) is 4.99 Å². The van der Waals surface area contributed by atoms with Crippen molar-refractivity contribution in [3.63, 3.8) is 0 Å². The lowest BCUT2D eigenvalue weighted by Gasteiger charge is -2.14. The fraction of sp³-hybridized carbons (Fsp3) is 0.435. The molecule has 0 amide bonds. The first-order valence-corrected chi connectivity index (χ1v) is 10.9. The first kappa shape index (κ1) is 23.5. The number of aromatic nitrogens is 3. The summed E-state index contributed by atoms with van der Waals surface area (Å²) in [7, 11) is 0. The predicted molar refractivity (Wildman–Crippen MR) is 136 cm³/mol. The Kier molecular flexibility index (Phi) is 9.08. The molecule has 166 valence electrons. The third kappa shape index (κ3) is 6.64. The molecule has 1 aromatic carbocycles. The number of benzene rings is 1. The molecule has 2 aromatic heterocycles. The number of hydrogen-bond donors (Lipinski definition) is 2. The fourth-order valence-electron chi connectivity index (χ4n) is 3.82. The minimum absolute atomic E-state index is 0. The lowest BCUT2D eigenvalue weighted by molar-refractivity contribution is 0.331. The van der Waals surface area contributed by atoms with Crippen LogP contribution in [0.15, 0.2) is 53.7 Å². The van der Waals surface area contributed by atoms with E-state index in [-0.39, 0.29) is 24.0 Å². The zero-order valence-corrected chi connectivity index (χ0v) is 20.5. The van der Waals surface area contributed by atoms with E-state index in [1.54, 1.807) is 0 Å². The maximum atomic E-state index is 4.74. The van der Waals surface area contributed by atoms with Crippen molar-refractivity contribution in [2.24, 2.45) is 4.99 Å². The SMILES string of the molecule is CCNC(=NCc1ccc(CN2CCCC2)cc1)NCCc1nnc2ccccn12.I. The number of halogens is 1. The van der Waals surface area contributed by atoms with Gasteiger partial charge >= 0.3 is 0 Å². The Morgan fingerprint density at radius 2 is 1.77 bits per heavy atom. The lowest BCUT2D eigenvalue weighted by atomic mass is 10.1. The monoisotopic (exact) mass is 533 g/mol. The average molecular weight is 533 g/mol. The molecule has 1 saturated heterocycles. The van der Waals surface area contributed by atoms with Crippen LogP contribution in [0.5, 0.6) is 0 Å². The second-order valence-corrected chi connectivity index (χ2v) is 7.72. The van der Waals surface area contributed by atoms with E-state index >= 15 is 0 Å². The molecule has 8 heteroatoms. The molecule has 0 saturated carbocycles. The molecule has 0 spiro atoms. The number of pyridine rings is 1. The van der Waals surface area contributed by atoms with Gasteiger partial charge in [-0.05, 0) is 56.1 Å². The fourth-order valence-corrected chi connectivity index (χ4v) is 3.82. The van der Waals surface area contributed by atoms with Crippen molar-refractivity contribution in [1.29, 1.82) is 0 Å². The van der Waals surface area contributed by atoms with Crippen LogP contribution >= 0.6 is 24.0 Å². The lowest BCUT2D eigenvalue weighted by Crippen LogP contribution is -2.38. The van der Waals surface area contributed by atoms with Crippen LogP contribution in [0.25, 0.3) is 5.65 Å². The summed E-state index contributed by atoms with van der Waals surface area (Å²) in [5.74, 6) is 1.77. The number of aliphatic imine (C=N–C) groups is 1. The molecule has 4 rings (SSSR count). The standard InChI is InChI=1S/C23H31N7.HI/c1-2-24-23(25-13-12-22-28-27-21-7-3-4-16-30(21)22)26-17-19-8-10-20(11-9-19)18-29-14-5-6-15-29;/h3-4,7-11,16H,2,5-6,12-15,17-18H2,1H3,(H2,24,25,26);1H. The van der Waals surface area contributed by atoms with Crippen molar-refractivity contribution in [1.82, 2.24) is 30.1 Å². The van der Waals surface area contributed by atoms with E-state index in [9.17, 15) is 0 Å². The van der Waals surface area contributed by atoms with Gasteiger partial charge in [0.2, 0.25) is 0 Å². The van der Waals surface area contributed by atoms with Crippen molar-refractivity contribution in [3.05, 3.63) is 65.6 Å². The zero-order chi connectivity index (χ0) is 20.6. The third-order valence-corrected chi connectivity index (χ3v) is 5.42. The molecule has 3 aromatic rings. The van der Waals surface area contributed by atoms with Crippen LogP contribution in [0, 0.1) is 0 Å². The van der Waals surface area contributed by atoms with Gasteiger partial charge in [0, 0.05) is 32.3 Å². The van der Waals surface area contributed by atoms with Gasteiger partial charge in [-0.1, -0.05) is 30.3 Å². The Morgan fingerprint density at radius 1 is 1.00 bits per heavy atom. The Bertz CT molecular complexity index is 961. The van der Waals surface area contributed by atoms with Gasteiger partial charge in [0.15, 0.2) is 11.6 Å². The first-order valence-electron chi connectivity index (χ1n) is 10.9. The number of nitrogens with zero attached hydrogens (tertiary/aromatic N) is 5. The van der Waals surface area contributed by atoms with Crippen molar-refractivity contribution >= 4 is 35.6 Å². The molecule has 31 heavy (non-hydrogen) atoms. The highest BCUT2D eigenvalue weighted by Crippen LogP contribution is 2.13. The van der Waals surface area contributed by atoms with Crippen molar-refractivity contribution < 1.29 is 0 Å². The quantitative estimate of drug-likeness (QED) is 0.265. The van der Waals surface area contributed by atoms with Crippen LogP contribution in [-0.2, 0) is 19.5 Å². The summed E-state index contributed by atoms with van der Waals surface area (Å²) in [6.45, 7) is 7.84. The smallest absolute Gasteiger partial charge is 0.191 e. The summed E-state index contributed by atoms with van der Waals surface area (Å²) < 4.78 is 2.02. The number of fused-ring (bicyclic) bond motifs is 1. The molecule has 1 aliphatic heterocycles. The number of nitrogens with one attached hydrogen (secondary N) is 2. The highest BCUT2D eigenvalue weighted by atomic mass is 127. The first-order chi connectivity index (χ1) is 14.8. The largest absolute Gasteiger partial charge is 0.357 e. The van der Waals surface area contributed by atoms with E-state index < -0.39 is 0 Å². The van der Waals surface area contributed by atoms with Crippen LogP contribution in [0.3, 0.4) is 0 Å². The van der Waals surface area contributed by atoms with E-state index in [1.807, 2.05) is 28.8 Å². The number of likely N-dealkylation sites (tertiary alicyclic amines) is 1. The van der Waals surface area contributed by atoms with Crippen LogP contribution in [-0.4, -0.2) is 51.6 Å². The van der Waals surface area contributed by atoms with Gasteiger partial charge in [0.25, 0.3) is 0 Å². The topological polar surface area (TPSA) is 69.8 Å². The summed E-state index contributed by atoms with van der Waals surface area (Å²) in [6, 6.07) is 14.8. The van der Waals surface area contributed by atoms with Crippen molar-refractivity contribution in [2.45, 2.75) is 39.3 Å². The molecule has 0 bridgehead atoms. The van der Waals surface area contributed by atoms with Crippen molar-refractivity contribution in [3.8, 4) is 0 Å². The molecule has 0 atom stereocenters. The van der Waals surface area contributed by atoms with Crippen LogP contribution in [0.2, 0.25) is 0 Å². The van der Waals surface area contributed by atoms with Gasteiger partial charge in [0.05, 0.1) is 6.54 Å². The molecule has 0 radical (unpaired) electrons. The molecule has 2 N–H and O–H groups in total. The molecule has 0 unspecified atom stereocenters. The number of rotatable bonds is 8. The summed E-state index contributed by atoms with van der Waals surface area (Å²) in [4.78, 5) is 7.27. The molecule has 0 aliphatic carbocycles. The third-order valence-electron chi connectivity index (χ3n) is 5.42. The summed E-state index contributed by atoms with van der Waals surface area (Å²) in [5, 5.41) is 15.2. The summed E-state index contributed by atoms with van der Waals surface area (Å²) in [5.41, 5.74) is 3.48. The normalized spacial score (nSPS) is 14.5. The molecule has 7 nitrogen and oxygen atoms in total. The highest BCUT2D eigenvalue weighted by molar-refractivity contribution is 14.0. The number of guanidine groups is 1. The van der Waals surface area contributed by atoms with Gasteiger partial charge < -0.3 is 10.6 Å². The molecular formula is C23H32IN7. The maximum Gasteiger partial charge on any atom is 0.191 e. The Balaban J connectivity index is 0.00000272. The Labute approximate surface area is 201 Å². The molecule has 3 heterocycles. The minimum Gasteiger partial charge on any atom is -0.357 e.